The summed E-state index contributed by atoms with van der Waals surface area (Å²) >= 11 is 1.37. The Labute approximate surface area is 102 Å². The van der Waals surface area contributed by atoms with E-state index in [2.05, 4.69) is 5.32 Å². The predicted octanol–water partition coefficient (Wildman–Crippen LogP) is 1.36. The number of ketones is 1. The molecule has 1 aromatic heterocycles. The van der Waals surface area contributed by atoms with Crippen molar-refractivity contribution in [2.75, 3.05) is 0 Å². The van der Waals surface area contributed by atoms with Gasteiger partial charge in [-0.05, 0) is 18.4 Å². The van der Waals surface area contributed by atoms with Crippen LogP contribution in [-0.4, -0.2) is 22.8 Å². The summed E-state index contributed by atoms with van der Waals surface area (Å²) in [6.45, 7) is 1.32. The second-order valence-electron chi connectivity index (χ2n) is 3.61. The molecule has 17 heavy (non-hydrogen) atoms. The zero-order chi connectivity index (χ0) is 12.8. The van der Waals surface area contributed by atoms with Crippen molar-refractivity contribution in [2.24, 2.45) is 0 Å². The van der Waals surface area contributed by atoms with E-state index in [0.717, 1.165) is 4.88 Å². The molecule has 0 radical (unpaired) electrons. The molecule has 0 saturated heterocycles. The van der Waals surface area contributed by atoms with Crippen molar-refractivity contribution in [2.45, 2.75) is 25.8 Å². The summed E-state index contributed by atoms with van der Waals surface area (Å²) in [5.41, 5.74) is 0. The van der Waals surface area contributed by atoms with Crippen LogP contribution in [-0.2, 0) is 14.4 Å². The Morgan fingerprint density at radius 3 is 2.65 bits per heavy atom. The summed E-state index contributed by atoms with van der Waals surface area (Å²) in [4.78, 5) is 33.7. The van der Waals surface area contributed by atoms with E-state index in [1.54, 1.807) is 17.5 Å². The van der Waals surface area contributed by atoms with Gasteiger partial charge in [-0.2, -0.15) is 0 Å². The van der Waals surface area contributed by atoms with E-state index < -0.39 is 17.9 Å². The number of rotatable bonds is 6. The zero-order valence-electron chi connectivity index (χ0n) is 9.30. The van der Waals surface area contributed by atoms with Crippen LogP contribution in [0.15, 0.2) is 17.5 Å². The first-order valence-electron chi connectivity index (χ1n) is 5.03. The minimum atomic E-state index is -0.994. The lowest BCUT2D eigenvalue weighted by atomic mass is 10.1. The minimum Gasteiger partial charge on any atom is -0.481 e. The fourth-order valence-electron chi connectivity index (χ4n) is 1.36. The van der Waals surface area contributed by atoms with Gasteiger partial charge >= 0.3 is 5.97 Å². The number of thiophene rings is 1. The standard InChI is InChI=1S/C11H13NO4S/c1-7(13)5-10(14)12-8(6-11(15)16)9-3-2-4-17-9/h2-4,8H,5-6H2,1H3,(H,12,14)(H,15,16). The molecule has 6 heteroatoms. The van der Waals surface area contributed by atoms with Crippen LogP contribution in [0.4, 0.5) is 0 Å². The van der Waals surface area contributed by atoms with E-state index in [1.807, 2.05) is 0 Å². The molecule has 1 amide bonds. The van der Waals surface area contributed by atoms with Crippen molar-refractivity contribution < 1.29 is 19.5 Å². The van der Waals surface area contributed by atoms with Crippen LogP contribution >= 0.6 is 11.3 Å². The average molecular weight is 255 g/mol. The second-order valence-corrected chi connectivity index (χ2v) is 4.59. The first-order chi connectivity index (χ1) is 7.99. The number of hydrogen-bond donors (Lipinski definition) is 2. The Morgan fingerprint density at radius 1 is 1.47 bits per heavy atom. The third-order valence-corrected chi connectivity index (χ3v) is 3.00. The molecule has 0 aromatic carbocycles. The van der Waals surface area contributed by atoms with Crippen molar-refractivity contribution in [3.63, 3.8) is 0 Å². The summed E-state index contributed by atoms with van der Waals surface area (Å²) in [7, 11) is 0. The molecule has 0 fully saturated rings. The van der Waals surface area contributed by atoms with Gasteiger partial charge in [0, 0.05) is 4.88 Å². The Hall–Kier alpha value is -1.69. The van der Waals surface area contributed by atoms with Crippen LogP contribution in [0.5, 0.6) is 0 Å². The third kappa shape index (κ3) is 4.78. The molecule has 92 valence electrons. The lowest BCUT2D eigenvalue weighted by Gasteiger charge is -2.14. The summed E-state index contributed by atoms with van der Waals surface area (Å²) in [6.07, 6.45) is -0.411. The molecule has 0 aliphatic heterocycles. The van der Waals surface area contributed by atoms with Gasteiger partial charge in [0.1, 0.15) is 5.78 Å². The number of nitrogens with one attached hydrogen (secondary N) is 1. The van der Waals surface area contributed by atoms with E-state index in [4.69, 9.17) is 5.11 Å². The van der Waals surface area contributed by atoms with Crippen molar-refractivity contribution in [1.29, 1.82) is 0 Å². The molecule has 1 rings (SSSR count). The van der Waals surface area contributed by atoms with Crippen LogP contribution in [0.25, 0.3) is 0 Å². The van der Waals surface area contributed by atoms with Gasteiger partial charge in [0.2, 0.25) is 5.91 Å². The highest BCUT2D eigenvalue weighted by Crippen LogP contribution is 2.22. The lowest BCUT2D eigenvalue weighted by molar-refractivity contribution is -0.137. The molecule has 5 nitrogen and oxygen atoms in total. The molecular formula is C11H13NO4S. The third-order valence-electron chi connectivity index (χ3n) is 2.01. The number of carbonyl (C=O) groups excluding carboxylic acids is 2. The first-order valence-corrected chi connectivity index (χ1v) is 5.91. The van der Waals surface area contributed by atoms with Gasteiger partial charge in [0.15, 0.2) is 0 Å². The molecule has 1 unspecified atom stereocenters. The molecule has 2 N–H and O–H groups in total. The lowest BCUT2D eigenvalue weighted by Crippen LogP contribution is -2.30. The fraction of sp³-hybridized carbons (Fsp3) is 0.364. The van der Waals surface area contributed by atoms with Crippen LogP contribution in [0.3, 0.4) is 0 Å². The maximum absolute atomic E-state index is 11.4. The summed E-state index contributed by atoms with van der Waals surface area (Å²) in [5.74, 6) is -1.69. The van der Waals surface area contributed by atoms with E-state index in [9.17, 15) is 14.4 Å². The second kappa shape index (κ2) is 6.15. The summed E-state index contributed by atoms with van der Waals surface area (Å²) in [6, 6.07) is 2.97. The van der Waals surface area contributed by atoms with Crippen molar-refractivity contribution >= 4 is 29.0 Å². The topological polar surface area (TPSA) is 83.5 Å². The van der Waals surface area contributed by atoms with Crippen molar-refractivity contribution in [3.05, 3.63) is 22.4 Å². The van der Waals surface area contributed by atoms with Gasteiger partial charge in [0.25, 0.3) is 0 Å². The van der Waals surface area contributed by atoms with E-state index in [1.165, 1.54) is 18.3 Å². The monoisotopic (exact) mass is 255 g/mol. The van der Waals surface area contributed by atoms with Crippen molar-refractivity contribution in [3.8, 4) is 0 Å². The molecule has 1 aromatic rings. The van der Waals surface area contributed by atoms with Gasteiger partial charge in [-0.1, -0.05) is 6.07 Å². The Balaban J connectivity index is 2.68. The molecule has 1 atom stereocenters. The van der Waals surface area contributed by atoms with Crippen LogP contribution in [0.1, 0.15) is 30.7 Å². The predicted molar refractivity (Wildman–Crippen MR) is 62.8 cm³/mol. The summed E-state index contributed by atoms with van der Waals surface area (Å²) < 4.78 is 0. The molecule has 0 spiro atoms. The number of carbonyl (C=O) groups is 3. The smallest absolute Gasteiger partial charge is 0.305 e. The number of carboxylic acids is 1. The number of aliphatic carboxylic acids is 1. The highest BCUT2D eigenvalue weighted by molar-refractivity contribution is 7.10. The summed E-state index contributed by atoms with van der Waals surface area (Å²) in [5, 5.41) is 13.1. The molecule has 0 saturated carbocycles. The Bertz CT molecular complexity index is 413. The average Bonchev–Trinajstić information content (AvgIpc) is 2.66. The number of carboxylic acid groups (broad SMARTS) is 1. The van der Waals surface area contributed by atoms with E-state index >= 15 is 0 Å². The zero-order valence-corrected chi connectivity index (χ0v) is 10.1. The number of hydrogen-bond acceptors (Lipinski definition) is 4. The Morgan fingerprint density at radius 2 is 2.18 bits per heavy atom. The van der Waals surface area contributed by atoms with Gasteiger partial charge < -0.3 is 10.4 Å². The molecular weight excluding hydrogens is 242 g/mol. The SMILES string of the molecule is CC(=O)CC(=O)NC(CC(=O)O)c1cccs1. The highest BCUT2D eigenvalue weighted by atomic mass is 32.1. The van der Waals surface area contributed by atoms with E-state index in [0.29, 0.717) is 0 Å². The normalized spacial score (nSPS) is 11.8. The van der Waals surface area contributed by atoms with Gasteiger partial charge in [-0.3, -0.25) is 14.4 Å². The molecule has 1 heterocycles. The molecule has 0 aliphatic carbocycles. The number of amides is 1. The maximum Gasteiger partial charge on any atom is 0.305 e. The fourth-order valence-corrected chi connectivity index (χ4v) is 2.14. The molecule has 0 bridgehead atoms. The minimum absolute atomic E-state index is 0.190. The maximum atomic E-state index is 11.4. The van der Waals surface area contributed by atoms with E-state index in [-0.39, 0.29) is 18.6 Å². The highest BCUT2D eigenvalue weighted by Gasteiger charge is 2.19. The molecule has 0 aliphatic rings. The quantitative estimate of drug-likeness (QED) is 0.752. The number of Topliss-reactive ketones (excluding diaryl/α,β-unsaturated/α-hetero) is 1. The largest absolute Gasteiger partial charge is 0.481 e. The van der Waals surface area contributed by atoms with Gasteiger partial charge in [0.05, 0.1) is 18.9 Å². The first kappa shape index (κ1) is 13.4. The van der Waals surface area contributed by atoms with Crippen LogP contribution in [0.2, 0.25) is 0 Å². The van der Waals surface area contributed by atoms with Crippen molar-refractivity contribution in [1.82, 2.24) is 5.32 Å². The van der Waals surface area contributed by atoms with Gasteiger partial charge in [-0.25, -0.2) is 0 Å². The van der Waals surface area contributed by atoms with Crippen LogP contribution < -0.4 is 5.32 Å². The van der Waals surface area contributed by atoms with Crippen LogP contribution in [0, 0.1) is 0 Å². The van der Waals surface area contributed by atoms with Gasteiger partial charge in [-0.15, -0.1) is 11.3 Å². The Kier molecular flexibility index (Phi) is 4.84.